The second kappa shape index (κ2) is 7.64. The van der Waals surface area contributed by atoms with Crippen LogP contribution in [0, 0.1) is 11.7 Å². The molecular formula is C17H20FN3OS. The summed E-state index contributed by atoms with van der Waals surface area (Å²) in [5, 5.41) is 10.0. The summed E-state index contributed by atoms with van der Waals surface area (Å²) in [6, 6.07) is 6.50. The lowest BCUT2D eigenvalue weighted by Crippen LogP contribution is -2.34. The minimum atomic E-state index is -0.213. The summed E-state index contributed by atoms with van der Waals surface area (Å²) < 4.78 is 12.8. The Kier molecular flexibility index (Phi) is 5.33. The van der Waals surface area contributed by atoms with Crippen LogP contribution in [0.5, 0.6) is 0 Å². The van der Waals surface area contributed by atoms with Crippen molar-refractivity contribution in [1.29, 1.82) is 0 Å². The molecule has 1 atom stereocenters. The normalized spacial score (nSPS) is 16.8. The number of benzene rings is 1. The molecule has 1 aromatic heterocycles. The summed E-state index contributed by atoms with van der Waals surface area (Å²) in [5.41, 5.74) is 2.34. The molecule has 0 radical (unpaired) electrons. The van der Waals surface area contributed by atoms with Gasteiger partial charge in [0.1, 0.15) is 5.82 Å². The maximum absolute atomic E-state index is 12.8. The number of thioether (sulfide) groups is 1. The summed E-state index contributed by atoms with van der Waals surface area (Å²) in [7, 11) is 0. The Morgan fingerprint density at radius 2 is 2.22 bits per heavy atom. The molecule has 1 amide bonds. The number of aromatic amines is 1. The van der Waals surface area contributed by atoms with Gasteiger partial charge >= 0.3 is 0 Å². The van der Waals surface area contributed by atoms with Gasteiger partial charge in [-0.3, -0.25) is 9.89 Å². The number of hydrogen-bond acceptors (Lipinski definition) is 3. The second-order valence-electron chi connectivity index (χ2n) is 5.76. The van der Waals surface area contributed by atoms with Crippen LogP contribution in [0.1, 0.15) is 24.1 Å². The first-order valence-electron chi connectivity index (χ1n) is 7.89. The van der Waals surface area contributed by atoms with Gasteiger partial charge in [-0.2, -0.15) is 5.10 Å². The van der Waals surface area contributed by atoms with E-state index in [0.717, 1.165) is 42.0 Å². The standard InChI is InChI=1S/C17H20FN3OS/c18-14-4-6-15(7-5-14)23-9-1-8-19-17(22)12-2-3-13-11-20-21-16(13)10-12/h4-7,11-12H,1-3,8-10H2,(H,19,22)(H,20,21)/t12-/m0/s1. The molecule has 1 heterocycles. The monoisotopic (exact) mass is 333 g/mol. The van der Waals surface area contributed by atoms with Crippen molar-refractivity contribution in [3.8, 4) is 0 Å². The number of rotatable bonds is 6. The van der Waals surface area contributed by atoms with Gasteiger partial charge in [0.2, 0.25) is 5.91 Å². The first kappa shape index (κ1) is 16.1. The Morgan fingerprint density at radius 3 is 3.04 bits per heavy atom. The van der Waals surface area contributed by atoms with Crippen molar-refractivity contribution in [3.63, 3.8) is 0 Å². The molecule has 0 bridgehead atoms. The summed E-state index contributed by atoms with van der Waals surface area (Å²) >= 11 is 1.68. The second-order valence-corrected chi connectivity index (χ2v) is 6.93. The fraction of sp³-hybridized carbons (Fsp3) is 0.412. The van der Waals surface area contributed by atoms with Crippen LogP contribution < -0.4 is 5.32 Å². The van der Waals surface area contributed by atoms with Crippen LogP contribution in [0.4, 0.5) is 4.39 Å². The quantitative estimate of drug-likeness (QED) is 0.631. The number of carbonyl (C=O) groups is 1. The molecule has 1 aliphatic rings. The highest BCUT2D eigenvalue weighted by Gasteiger charge is 2.25. The number of nitrogens with one attached hydrogen (secondary N) is 2. The summed E-state index contributed by atoms with van der Waals surface area (Å²) in [6.07, 6.45) is 5.32. The van der Waals surface area contributed by atoms with Crippen molar-refractivity contribution in [3.05, 3.63) is 47.5 Å². The van der Waals surface area contributed by atoms with E-state index in [4.69, 9.17) is 0 Å². The average Bonchev–Trinajstić information content (AvgIpc) is 3.03. The highest BCUT2D eigenvalue weighted by atomic mass is 32.2. The molecule has 1 aliphatic carbocycles. The number of halogens is 1. The van der Waals surface area contributed by atoms with Crippen LogP contribution >= 0.6 is 11.8 Å². The van der Waals surface area contributed by atoms with Crippen molar-refractivity contribution in [2.75, 3.05) is 12.3 Å². The first-order chi connectivity index (χ1) is 11.2. The molecule has 1 aromatic carbocycles. The van der Waals surface area contributed by atoms with E-state index in [1.165, 1.54) is 17.7 Å². The molecule has 0 spiro atoms. The fourth-order valence-corrected chi connectivity index (χ4v) is 3.63. The number of amides is 1. The number of carbonyl (C=O) groups excluding carboxylic acids is 1. The van der Waals surface area contributed by atoms with Crippen molar-refractivity contribution >= 4 is 17.7 Å². The zero-order valence-corrected chi connectivity index (χ0v) is 13.7. The van der Waals surface area contributed by atoms with Crippen LogP contribution in [0.3, 0.4) is 0 Å². The predicted octanol–water partition coefficient (Wildman–Crippen LogP) is 2.95. The number of aryl methyl sites for hydroxylation is 1. The van der Waals surface area contributed by atoms with E-state index in [0.29, 0.717) is 6.54 Å². The molecule has 122 valence electrons. The Bertz CT molecular complexity index is 656. The van der Waals surface area contributed by atoms with Crippen molar-refractivity contribution in [2.24, 2.45) is 5.92 Å². The van der Waals surface area contributed by atoms with Crippen LogP contribution in [0.2, 0.25) is 0 Å². The van der Waals surface area contributed by atoms with Crippen LogP contribution in [-0.4, -0.2) is 28.4 Å². The molecular weight excluding hydrogens is 313 g/mol. The molecule has 6 heteroatoms. The zero-order valence-electron chi connectivity index (χ0n) is 12.8. The van der Waals surface area contributed by atoms with E-state index in [1.54, 1.807) is 23.9 Å². The molecule has 0 fully saturated rings. The minimum absolute atomic E-state index is 0.0488. The van der Waals surface area contributed by atoms with E-state index >= 15 is 0 Å². The molecule has 0 unspecified atom stereocenters. The van der Waals surface area contributed by atoms with Gasteiger partial charge in [0.15, 0.2) is 0 Å². The Balaban J connectivity index is 1.34. The lowest BCUT2D eigenvalue weighted by molar-refractivity contribution is -0.125. The Morgan fingerprint density at radius 1 is 1.39 bits per heavy atom. The number of aromatic nitrogens is 2. The first-order valence-corrected chi connectivity index (χ1v) is 8.88. The maximum Gasteiger partial charge on any atom is 0.223 e. The summed E-state index contributed by atoms with van der Waals surface area (Å²) in [6.45, 7) is 0.680. The van der Waals surface area contributed by atoms with E-state index in [1.807, 2.05) is 6.20 Å². The van der Waals surface area contributed by atoms with Crippen LogP contribution in [-0.2, 0) is 17.6 Å². The number of hydrogen-bond donors (Lipinski definition) is 2. The smallest absolute Gasteiger partial charge is 0.223 e. The van der Waals surface area contributed by atoms with Gasteiger partial charge in [-0.1, -0.05) is 0 Å². The zero-order chi connectivity index (χ0) is 16.1. The molecule has 3 rings (SSSR count). The largest absolute Gasteiger partial charge is 0.356 e. The molecule has 0 saturated heterocycles. The Hall–Kier alpha value is -1.82. The van der Waals surface area contributed by atoms with Gasteiger partial charge in [0.05, 0.1) is 6.20 Å². The lowest BCUT2D eigenvalue weighted by atomic mass is 9.87. The summed E-state index contributed by atoms with van der Waals surface area (Å²) in [5.74, 6) is 0.876. The topological polar surface area (TPSA) is 57.8 Å². The molecule has 4 nitrogen and oxygen atoms in total. The highest BCUT2D eigenvalue weighted by molar-refractivity contribution is 7.99. The Labute approximate surface area is 139 Å². The van der Waals surface area contributed by atoms with Gasteiger partial charge in [-0.15, -0.1) is 11.8 Å². The van der Waals surface area contributed by atoms with Gasteiger partial charge in [0, 0.05) is 29.5 Å². The molecule has 2 N–H and O–H groups in total. The van der Waals surface area contributed by atoms with Crippen molar-refractivity contribution in [1.82, 2.24) is 15.5 Å². The SMILES string of the molecule is O=C(NCCCSc1ccc(F)cc1)[C@H]1CCc2cn[nH]c2C1. The van der Waals surface area contributed by atoms with E-state index in [-0.39, 0.29) is 17.6 Å². The van der Waals surface area contributed by atoms with E-state index in [9.17, 15) is 9.18 Å². The number of fused-ring (bicyclic) bond motifs is 1. The molecule has 0 saturated carbocycles. The van der Waals surface area contributed by atoms with Crippen molar-refractivity contribution in [2.45, 2.75) is 30.6 Å². The fourth-order valence-electron chi connectivity index (χ4n) is 2.78. The van der Waals surface area contributed by atoms with Crippen LogP contribution in [0.25, 0.3) is 0 Å². The van der Waals surface area contributed by atoms with Crippen LogP contribution in [0.15, 0.2) is 35.4 Å². The third-order valence-corrected chi connectivity index (χ3v) is 5.19. The predicted molar refractivity (Wildman–Crippen MR) is 88.9 cm³/mol. The van der Waals surface area contributed by atoms with Gasteiger partial charge in [-0.05, 0) is 54.8 Å². The van der Waals surface area contributed by atoms with Gasteiger partial charge < -0.3 is 5.32 Å². The number of H-pyrrole nitrogens is 1. The maximum atomic E-state index is 12.8. The van der Waals surface area contributed by atoms with Gasteiger partial charge in [-0.25, -0.2) is 4.39 Å². The van der Waals surface area contributed by atoms with Gasteiger partial charge in [0.25, 0.3) is 0 Å². The molecule has 23 heavy (non-hydrogen) atoms. The third-order valence-electron chi connectivity index (χ3n) is 4.09. The third kappa shape index (κ3) is 4.34. The van der Waals surface area contributed by atoms with E-state index < -0.39 is 0 Å². The summed E-state index contributed by atoms with van der Waals surface area (Å²) in [4.78, 5) is 13.3. The minimum Gasteiger partial charge on any atom is -0.356 e. The number of nitrogens with zero attached hydrogens (tertiary/aromatic N) is 1. The molecule has 0 aliphatic heterocycles. The highest BCUT2D eigenvalue weighted by Crippen LogP contribution is 2.23. The molecule has 2 aromatic rings. The van der Waals surface area contributed by atoms with E-state index in [2.05, 4.69) is 15.5 Å². The lowest BCUT2D eigenvalue weighted by Gasteiger charge is -2.20. The average molecular weight is 333 g/mol. The van der Waals surface area contributed by atoms with Crippen molar-refractivity contribution < 1.29 is 9.18 Å².